The molecule has 0 amide bonds. The van der Waals surface area contributed by atoms with Crippen LogP contribution in [0.25, 0.3) is 0 Å². The second-order valence-electron chi connectivity index (χ2n) is 5.73. The summed E-state index contributed by atoms with van der Waals surface area (Å²) in [6, 6.07) is 0. The molecule has 1 heterocycles. The van der Waals surface area contributed by atoms with Gasteiger partial charge in [-0.05, 0) is 64.5 Å². The highest BCUT2D eigenvalue weighted by Crippen LogP contribution is 2.37. The summed E-state index contributed by atoms with van der Waals surface area (Å²) in [7, 11) is 0. The average Bonchev–Trinajstić information content (AvgIpc) is 2.24. The van der Waals surface area contributed by atoms with Crippen molar-refractivity contribution in [3.05, 3.63) is 0 Å². The first kappa shape index (κ1) is 10.5. The Balaban J connectivity index is 1.93. The minimum atomic E-state index is 0.562. The first-order valence-electron chi connectivity index (χ1n) is 6.46. The number of rotatable bonds is 1. The number of nitrogens with zero attached hydrogens (tertiary/aromatic N) is 1. The van der Waals surface area contributed by atoms with Gasteiger partial charge in [0.05, 0.1) is 0 Å². The van der Waals surface area contributed by atoms with Crippen LogP contribution in [0.15, 0.2) is 0 Å². The molecule has 0 aromatic rings. The molecule has 0 unspecified atom stereocenters. The van der Waals surface area contributed by atoms with Crippen molar-refractivity contribution in [2.45, 2.75) is 64.3 Å². The lowest BCUT2D eigenvalue weighted by Crippen LogP contribution is -2.50. The van der Waals surface area contributed by atoms with Gasteiger partial charge in [0.1, 0.15) is 0 Å². The third-order valence-corrected chi connectivity index (χ3v) is 4.47. The molecule has 1 saturated carbocycles. The summed E-state index contributed by atoms with van der Waals surface area (Å²) in [6.45, 7) is 7.65. The van der Waals surface area contributed by atoms with Crippen LogP contribution in [-0.4, -0.2) is 23.5 Å². The Bertz CT molecular complexity index is 174. The minimum absolute atomic E-state index is 0.562. The van der Waals surface area contributed by atoms with Crippen LogP contribution in [-0.2, 0) is 0 Å². The van der Waals surface area contributed by atoms with Crippen LogP contribution in [0.2, 0.25) is 0 Å². The maximum atomic E-state index is 2.78. The topological polar surface area (TPSA) is 3.24 Å². The van der Waals surface area contributed by atoms with E-state index < -0.39 is 0 Å². The van der Waals surface area contributed by atoms with Crippen LogP contribution in [0.3, 0.4) is 0 Å². The van der Waals surface area contributed by atoms with E-state index in [0.29, 0.717) is 5.54 Å². The highest BCUT2D eigenvalue weighted by atomic mass is 15.2. The second-order valence-corrected chi connectivity index (χ2v) is 5.73. The third-order valence-electron chi connectivity index (χ3n) is 4.47. The smallest absolute Gasteiger partial charge is 0.0181 e. The highest BCUT2D eigenvalue weighted by molar-refractivity contribution is 4.91. The Morgan fingerprint density at radius 1 is 1.00 bits per heavy atom. The molecular formula is C13H25N. The van der Waals surface area contributed by atoms with Crippen LogP contribution in [0.5, 0.6) is 0 Å². The van der Waals surface area contributed by atoms with Crippen LogP contribution in [0, 0.1) is 5.92 Å². The van der Waals surface area contributed by atoms with Crippen molar-refractivity contribution in [2.24, 2.45) is 5.92 Å². The number of piperidine rings is 1. The van der Waals surface area contributed by atoms with Gasteiger partial charge < -0.3 is 0 Å². The van der Waals surface area contributed by atoms with Crippen molar-refractivity contribution in [3.8, 4) is 0 Å². The van der Waals surface area contributed by atoms with Crippen LogP contribution >= 0.6 is 0 Å². The number of likely N-dealkylation sites (tertiary alicyclic amines) is 1. The molecule has 82 valence electrons. The van der Waals surface area contributed by atoms with Gasteiger partial charge in [-0.2, -0.15) is 0 Å². The van der Waals surface area contributed by atoms with E-state index in [1.165, 1.54) is 58.0 Å². The van der Waals surface area contributed by atoms with Crippen LogP contribution < -0.4 is 0 Å². The van der Waals surface area contributed by atoms with Crippen LogP contribution in [0.1, 0.15) is 58.8 Å². The lowest BCUT2D eigenvalue weighted by molar-refractivity contribution is 0.0376. The third kappa shape index (κ3) is 2.13. The zero-order valence-electron chi connectivity index (χ0n) is 9.89. The van der Waals surface area contributed by atoms with Gasteiger partial charge in [-0.15, -0.1) is 0 Å². The molecule has 0 radical (unpaired) electrons. The largest absolute Gasteiger partial charge is 0.298 e. The molecule has 14 heavy (non-hydrogen) atoms. The van der Waals surface area contributed by atoms with Crippen molar-refractivity contribution >= 4 is 0 Å². The highest BCUT2D eigenvalue weighted by Gasteiger charge is 2.35. The normalized spacial score (nSPS) is 41.1. The predicted molar refractivity (Wildman–Crippen MR) is 61.5 cm³/mol. The summed E-state index contributed by atoms with van der Waals surface area (Å²) in [5, 5.41) is 0. The molecule has 0 N–H and O–H groups in total. The first-order chi connectivity index (χ1) is 6.71. The van der Waals surface area contributed by atoms with E-state index in [0.717, 1.165) is 5.92 Å². The molecule has 0 atom stereocenters. The second kappa shape index (κ2) is 4.22. The Morgan fingerprint density at radius 2 is 1.57 bits per heavy atom. The Morgan fingerprint density at radius 3 is 2.14 bits per heavy atom. The molecule has 1 aliphatic carbocycles. The lowest BCUT2D eigenvalue weighted by Gasteiger charge is -2.47. The van der Waals surface area contributed by atoms with Gasteiger partial charge in [-0.3, -0.25) is 4.90 Å². The van der Waals surface area contributed by atoms with Crippen molar-refractivity contribution in [1.29, 1.82) is 0 Å². The maximum absolute atomic E-state index is 2.78. The van der Waals surface area contributed by atoms with E-state index in [9.17, 15) is 0 Å². The molecule has 0 spiro atoms. The van der Waals surface area contributed by atoms with Gasteiger partial charge in [0.25, 0.3) is 0 Å². The van der Waals surface area contributed by atoms with Crippen molar-refractivity contribution in [2.75, 3.05) is 13.1 Å². The van der Waals surface area contributed by atoms with Crippen LogP contribution in [0.4, 0.5) is 0 Å². The summed E-state index contributed by atoms with van der Waals surface area (Å²) < 4.78 is 0. The lowest BCUT2D eigenvalue weighted by atomic mass is 9.76. The van der Waals surface area contributed by atoms with Gasteiger partial charge in [0.15, 0.2) is 0 Å². The summed E-state index contributed by atoms with van der Waals surface area (Å²) in [4.78, 5) is 2.78. The summed E-state index contributed by atoms with van der Waals surface area (Å²) in [5.41, 5.74) is 0.562. The molecule has 0 bridgehead atoms. The average molecular weight is 195 g/mol. The summed E-state index contributed by atoms with van der Waals surface area (Å²) in [5.74, 6) is 0.980. The van der Waals surface area contributed by atoms with E-state index in [1.807, 2.05) is 0 Å². The van der Waals surface area contributed by atoms with Gasteiger partial charge in [0.2, 0.25) is 0 Å². The standard InChI is InChI=1S/C13H25N/c1-12-6-8-13(2,9-7-12)14-10-4-3-5-11-14/h12H,3-11H2,1-2H3. The Labute approximate surface area is 88.9 Å². The van der Waals surface area contributed by atoms with Gasteiger partial charge >= 0.3 is 0 Å². The molecule has 0 aromatic carbocycles. The zero-order chi connectivity index (χ0) is 10.0. The van der Waals surface area contributed by atoms with Crippen molar-refractivity contribution < 1.29 is 0 Å². The van der Waals surface area contributed by atoms with E-state index >= 15 is 0 Å². The molecule has 2 rings (SSSR count). The fraction of sp³-hybridized carbons (Fsp3) is 1.00. The fourth-order valence-electron chi connectivity index (χ4n) is 3.13. The molecular weight excluding hydrogens is 170 g/mol. The molecule has 1 saturated heterocycles. The minimum Gasteiger partial charge on any atom is -0.298 e. The summed E-state index contributed by atoms with van der Waals surface area (Å²) >= 11 is 0. The van der Waals surface area contributed by atoms with E-state index in [4.69, 9.17) is 0 Å². The molecule has 0 aromatic heterocycles. The maximum Gasteiger partial charge on any atom is 0.0181 e. The van der Waals surface area contributed by atoms with Gasteiger partial charge in [0, 0.05) is 5.54 Å². The molecule has 1 heteroatoms. The SMILES string of the molecule is CC1CCC(C)(N2CCCCC2)CC1. The zero-order valence-corrected chi connectivity index (χ0v) is 9.89. The molecule has 1 aliphatic heterocycles. The monoisotopic (exact) mass is 195 g/mol. The molecule has 2 fully saturated rings. The molecule has 2 aliphatic rings. The summed E-state index contributed by atoms with van der Waals surface area (Å²) in [6.07, 6.45) is 10.1. The van der Waals surface area contributed by atoms with E-state index in [-0.39, 0.29) is 0 Å². The molecule has 1 nitrogen and oxygen atoms in total. The van der Waals surface area contributed by atoms with Crippen molar-refractivity contribution in [3.63, 3.8) is 0 Å². The van der Waals surface area contributed by atoms with Gasteiger partial charge in [-0.25, -0.2) is 0 Å². The fourth-order valence-corrected chi connectivity index (χ4v) is 3.13. The van der Waals surface area contributed by atoms with E-state index in [1.54, 1.807) is 0 Å². The number of hydrogen-bond donors (Lipinski definition) is 0. The van der Waals surface area contributed by atoms with E-state index in [2.05, 4.69) is 18.7 Å². The van der Waals surface area contributed by atoms with Crippen molar-refractivity contribution in [1.82, 2.24) is 4.90 Å². The van der Waals surface area contributed by atoms with Gasteiger partial charge in [-0.1, -0.05) is 13.3 Å². The Hall–Kier alpha value is -0.0400. The number of hydrogen-bond acceptors (Lipinski definition) is 1. The quantitative estimate of drug-likeness (QED) is 0.619. The first-order valence-corrected chi connectivity index (χ1v) is 6.46. The predicted octanol–water partition coefficient (Wildman–Crippen LogP) is 3.44. The Kier molecular flexibility index (Phi) is 3.16.